The number of benzene rings is 1. The summed E-state index contributed by atoms with van der Waals surface area (Å²) in [6, 6.07) is 9.45. The van der Waals surface area contributed by atoms with E-state index in [1.165, 1.54) is 50.8 Å². The Morgan fingerprint density at radius 2 is 1.96 bits per heavy atom. The molecule has 5 nitrogen and oxygen atoms in total. The lowest BCUT2D eigenvalue weighted by Gasteiger charge is -2.29. The number of hydrogen-bond acceptors (Lipinski definition) is 4. The first-order chi connectivity index (χ1) is 13.7. The van der Waals surface area contributed by atoms with E-state index in [9.17, 15) is 0 Å². The molecule has 0 bridgehead atoms. The molecule has 3 fully saturated rings. The van der Waals surface area contributed by atoms with Crippen molar-refractivity contribution in [3.8, 4) is 5.75 Å². The summed E-state index contributed by atoms with van der Waals surface area (Å²) < 4.78 is 8.06. The van der Waals surface area contributed by atoms with Gasteiger partial charge in [-0.05, 0) is 74.2 Å². The van der Waals surface area contributed by atoms with Gasteiger partial charge in [0.2, 0.25) is 0 Å². The Morgan fingerprint density at radius 1 is 1.18 bits per heavy atom. The fourth-order valence-corrected chi connectivity index (χ4v) is 4.74. The maximum atomic E-state index is 5.91. The second-order valence-corrected chi connectivity index (χ2v) is 9.09. The minimum absolute atomic E-state index is 0.531. The molecule has 150 valence electrons. The zero-order valence-electron chi connectivity index (χ0n) is 16.9. The average Bonchev–Trinajstić information content (AvgIpc) is 3.62. The van der Waals surface area contributed by atoms with Crippen LogP contribution in [0.1, 0.15) is 43.5 Å². The van der Waals surface area contributed by atoms with Gasteiger partial charge in [0, 0.05) is 32.0 Å². The van der Waals surface area contributed by atoms with E-state index >= 15 is 0 Å². The Labute approximate surface area is 168 Å². The van der Waals surface area contributed by atoms with Crippen LogP contribution >= 0.6 is 0 Å². The number of aryl methyl sites for hydroxylation is 1. The summed E-state index contributed by atoms with van der Waals surface area (Å²) in [4.78, 5) is 7.25. The smallest absolute Gasteiger partial charge is 0.122 e. The van der Waals surface area contributed by atoms with Crippen molar-refractivity contribution in [2.75, 3.05) is 19.7 Å². The molecule has 0 amide bonds. The van der Waals surface area contributed by atoms with E-state index in [0.717, 1.165) is 37.2 Å². The summed E-state index contributed by atoms with van der Waals surface area (Å²) >= 11 is 0. The van der Waals surface area contributed by atoms with Gasteiger partial charge in [0.1, 0.15) is 11.6 Å². The highest BCUT2D eigenvalue weighted by atomic mass is 16.5. The van der Waals surface area contributed by atoms with Gasteiger partial charge in [-0.2, -0.15) is 0 Å². The highest BCUT2D eigenvalue weighted by Crippen LogP contribution is 2.56. The number of nitrogens with zero attached hydrogens (tertiary/aromatic N) is 3. The Balaban J connectivity index is 1.28. The van der Waals surface area contributed by atoms with Crippen LogP contribution in [0, 0.1) is 11.3 Å². The fourth-order valence-electron chi connectivity index (χ4n) is 4.74. The highest BCUT2D eigenvalue weighted by Gasteiger charge is 2.56. The third-order valence-electron chi connectivity index (χ3n) is 6.94. The first-order valence-corrected chi connectivity index (χ1v) is 10.8. The van der Waals surface area contributed by atoms with Crippen molar-refractivity contribution in [1.82, 2.24) is 19.8 Å². The van der Waals surface area contributed by atoms with Gasteiger partial charge in [0.05, 0.1) is 13.2 Å². The van der Waals surface area contributed by atoms with Crippen LogP contribution < -0.4 is 10.1 Å². The Kier molecular flexibility index (Phi) is 4.89. The van der Waals surface area contributed by atoms with E-state index in [2.05, 4.69) is 51.1 Å². The molecule has 0 radical (unpaired) electrons. The van der Waals surface area contributed by atoms with E-state index in [0.29, 0.717) is 11.5 Å². The van der Waals surface area contributed by atoms with Crippen molar-refractivity contribution in [2.24, 2.45) is 18.4 Å². The largest absolute Gasteiger partial charge is 0.493 e. The molecule has 2 heterocycles. The SMILES string of the molecule is Cn1ccnc1CN(Cc1ccc(OCC2CC2)cc1)C1CC12CCNCC2. The lowest BCUT2D eigenvalue weighted by molar-refractivity contribution is 0.182. The third kappa shape index (κ3) is 3.96. The van der Waals surface area contributed by atoms with Gasteiger partial charge >= 0.3 is 0 Å². The second kappa shape index (κ2) is 7.53. The third-order valence-corrected chi connectivity index (χ3v) is 6.94. The van der Waals surface area contributed by atoms with Crippen molar-refractivity contribution in [1.29, 1.82) is 0 Å². The lowest BCUT2D eigenvalue weighted by atomic mass is 9.93. The number of hydrogen-bond donors (Lipinski definition) is 1. The molecule has 2 saturated carbocycles. The van der Waals surface area contributed by atoms with E-state index < -0.39 is 0 Å². The van der Waals surface area contributed by atoms with Crippen LogP contribution in [0.5, 0.6) is 5.75 Å². The molecule has 1 spiro atoms. The molecule has 2 aromatic rings. The molecule has 1 aliphatic heterocycles. The normalized spacial score (nSPS) is 23.3. The summed E-state index contributed by atoms with van der Waals surface area (Å²) in [6.45, 7) is 5.11. The molecule has 1 aromatic heterocycles. The molecule has 28 heavy (non-hydrogen) atoms. The second-order valence-electron chi connectivity index (χ2n) is 9.09. The first-order valence-electron chi connectivity index (χ1n) is 10.8. The number of piperidine rings is 1. The maximum Gasteiger partial charge on any atom is 0.122 e. The molecule has 3 aliphatic rings. The number of imidazole rings is 1. The Hall–Kier alpha value is -1.85. The van der Waals surface area contributed by atoms with Crippen LogP contribution in [0.15, 0.2) is 36.7 Å². The predicted molar refractivity (Wildman–Crippen MR) is 110 cm³/mol. The molecular formula is C23H32N4O. The molecule has 1 saturated heterocycles. The van der Waals surface area contributed by atoms with Gasteiger partial charge in [0.15, 0.2) is 0 Å². The molecular weight excluding hydrogens is 348 g/mol. The standard InChI is InChI=1S/C23H32N4O/c1-26-13-12-25-22(26)16-27(21-14-23(21)8-10-24-11-9-23)15-18-4-6-20(7-5-18)28-17-19-2-3-19/h4-7,12-13,19,21,24H,2-3,8-11,14-17H2,1H3. The maximum absolute atomic E-state index is 5.91. The van der Waals surface area contributed by atoms with Crippen molar-refractivity contribution >= 4 is 0 Å². The predicted octanol–water partition coefficient (Wildman–Crippen LogP) is 3.35. The van der Waals surface area contributed by atoms with Gasteiger partial charge in [-0.25, -0.2) is 4.98 Å². The number of rotatable bonds is 8. The van der Waals surface area contributed by atoms with E-state index in [1.807, 2.05) is 12.4 Å². The monoisotopic (exact) mass is 380 g/mol. The van der Waals surface area contributed by atoms with E-state index in [1.54, 1.807) is 0 Å². The summed E-state index contributed by atoms with van der Waals surface area (Å²) in [7, 11) is 2.10. The van der Waals surface area contributed by atoms with E-state index in [-0.39, 0.29) is 0 Å². The van der Waals surface area contributed by atoms with Crippen molar-refractivity contribution in [2.45, 2.75) is 51.2 Å². The summed E-state index contributed by atoms with van der Waals surface area (Å²) in [5.41, 5.74) is 1.90. The van der Waals surface area contributed by atoms with Crippen molar-refractivity contribution in [3.05, 3.63) is 48.0 Å². The molecule has 1 unspecified atom stereocenters. The van der Waals surface area contributed by atoms with Gasteiger partial charge in [-0.1, -0.05) is 12.1 Å². The van der Waals surface area contributed by atoms with Crippen LogP contribution in [0.3, 0.4) is 0 Å². The van der Waals surface area contributed by atoms with Crippen molar-refractivity contribution in [3.63, 3.8) is 0 Å². The topological polar surface area (TPSA) is 42.3 Å². The fraction of sp³-hybridized carbons (Fsp3) is 0.609. The Morgan fingerprint density at radius 3 is 2.64 bits per heavy atom. The van der Waals surface area contributed by atoms with Crippen molar-refractivity contribution < 1.29 is 4.74 Å². The van der Waals surface area contributed by atoms with Gasteiger partial charge in [-0.15, -0.1) is 0 Å². The molecule has 1 atom stereocenters. The number of ether oxygens (including phenoxy) is 1. The van der Waals surface area contributed by atoms with Crippen LogP contribution in [0.4, 0.5) is 0 Å². The molecule has 1 aromatic carbocycles. The van der Waals surface area contributed by atoms with E-state index in [4.69, 9.17) is 4.74 Å². The van der Waals surface area contributed by atoms with Crippen LogP contribution in [-0.2, 0) is 20.1 Å². The van der Waals surface area contributed by atoms with Gasteiger partial charge in [0.25, 0.3) is 0 Å². The first kappa shape index (κ1) is 18.2. The lowest BCUT2D eigenvalue weighted by Crippen LogP contribution is -2.36. The van der Waals surface area contributed by atoms with Gasteiger partial charge in [-0.3, -0.25) is 4.90 Å². The summed E-state index contributed by atoms with van der Waals surface area (Å²) in [5, 5.41) is 3.53. The summed E-state index contributed by atoms with van der Waals surface area (Å²) in [6.07, 6.45) is 10.6. The van der Waals surface area contributed by atoms with Crippen LogP contribution in [0.25, 0.3) is 0 Å². The minimum atomic E-state index is 0.531. The summed E-state index contributed by atoms with van der Waals surface area (Å²) in [5.74, 6) is 2.96. The zero-order chi connectivity index (χ0) is 19.0. The molecule has 2 aliphatic carbocycles. The number of nitrogens with one attached hydrogen (secondary N) is 1. The van der Waals surface area contributed by atoms with Crippen LogP contribution in [-0.4, -0.2) is 40.2 Å². The number of aromatic nitrogens is 2. The minimum Gasteiger partial charge on any atom is -0.493 e. The van der Waals surface area contributed by atoms with Crippen LogP contribution in [0.2, 0.25) is 0 Å². The zero-order valence-corrected chi connectivity index (χ0v) is 16.9. The molecule has 5 rings (SSSR count). The molecule has 5 heteroatoms. The Bertz CT molecular complexity index is 789. The highest BCUT2D eigenvalue weighted by molar-refractivity contribution is 5.28. The van der Waals surface area contributed by atoms with Gasteiger partial charge < -0.3 is 14.6 Å². The average molecular weight is 381 g/mol. The quantitative estimate of drug-likeness (QED) is 0.763. The molecule has 1 N–H and O–H groups in total.